The third-order valence-electron chi connectivity index (χ3n) is 4.14. The maximum atomic E-state index is 11.7. The topological polar surface area (TPSA) is 53.6 Å². The molecule has 2 aliphatic rings. The lowest BCUT2D eigenvalue weighted by Gasteiger charge is -2.44. The molecule has 2 N–H and O–H groups in total. The lowest BCUT2D eigenvalue weighted by Crippen LogP contribution is -2.52. The zero-order chi connectivity index (χ0) is 13.9. The second-order valence-electron chi connectivity index (χ2n) is 6.85. The van der Waals surface area contributed by atoms with Gasteiger partial charge in [-0.2, -0.15) is 0 Å². The van der Waals surface area contributed by atoms with Gasteiger partial charge in [0.2, 0.25) is 0 Å². The molecule has 0 radical (unpaired) electrons. The predicted molar refractivity (Wildman–Crippen MR) is 74.7 cm³/mol. The van der Waals surface area contributed by atoms with Gasteiger partial charge in [-0.05, 0) is 65.0 Å². The molecule has 110 valence electrons. The van der Waals surface area contributed by atoms with Gasteiger partial charge < -0.3 is 10.1 Å². The van der Waals surface area contributed by atoms with Crippen LogP contribution in [0.25, 0.3) is 0 Å². The summed E-state index contributed by atoms with van der Waals surface area (Å²) in [6, 6.07) is 0. The predicted octanol–water partition coefficient (Wildman–Crippen LogP) is 1.89. The number of carbonyl (C=O) groups excluding carboxylic acids is 1. The average molecular weight is 269 g/mol. The number of hydrogen-bond donors (Lipinski definition) is 2. The monoisotopic (exact) mass is 269 g/mol. The van der Waals surface area contributed by atoms with Crippen molar-refractivity contribution in [2.45, 2.75) is 52.1 Å². The lowest BCUT2D eigenvalue weighted by atomic mass is 9.72. The zero-order valence-electron chi connectivity index (χ0n) is 12.4. The Labute approximate surface area is 116 Å². The molecule has 2 rings (SSSR count). The van der Waals surface area contributed by atoms with E-state index in [9.17, 15) is 4.79 Å². The van der Waals surface area contributed by atoms with Gasteiger partial charge in [-0.15, -0.1) is 0 Å². The highest BCUT2D eigenvalue weighted by molar-refractivity contribution is 5.67. The first-order chi connectivity index (χ1) is 8.89. The van der Waals surface area contributed by atoms with E-state index in [0.29, 0.717) is 5.41 Å². The highest BCUT2D eigenvalue weighted by Crippen LogP contribution is 2.38. The Bertz CT molecular complexity index is 309. The molecule has 0 aromatic rings. The van der Waals surface area contributed by atoms with Gasteiger partial charge in [0.05, 0.1) is 0 Å². The number of rotatable bonds is 1. The van der Waals surface area contributed by atoms with Crippen molar-refractivity contribution < 1.29 is 9.53 Å². The van der Waals surface area contributed by atoms with Crippen molar-refractivity contribution in [2.24, 2.45) is 5.41 Å². The molecule has 0 bridgehead atoms. The molecule has 2 saturated heterocycles. The molecule has 1 amide bonds. The van der Waals surface area contributed by atoms with Gasteiger partial charge in [-0.25, -0.2) is 9.80 Å². The molecule has 5 heteroatoms. The molecule has 0 aliphatic carbocycles. The quantitative estimate of drug-likeness (QED) is 0.763. The van der Waals surface area contributed by atoms with E-state index in [1.54, 1.807) is 0 Å². The maximum absolute atomic E-state index is 11.7. The van der Waals surface area contributed by atoms with Crippen LogP contribution in [0.1, 0.15) is 46.5 Å². The van der Waals surface area contributed by atoms with Crippen molar-refractivity contribution in [3.8, 4) is 0 Å². The maximum Gasteiger partial charge on any atom is 0.422 e. The molecule has 5 nitrogen and oxygen atoms in total. The molecule has 19 heavy (non-hydrogen) atoms. The molecule has 0 aromatic heterocycles. The van der Waals surface area contributed by atoms with Crippen molar-refractivity contribution in [2.75, 3.05) is 26.2 Å². The summed E-state index contributed by atoms with van der Waals surface area (Å²) in [7, 11) is 0. The molecule has 1 spiro atoms. The van der Waals surface area contributed by atoms with Gasteiger partial charge in [0.1, 0.15) is 5.60 Å². The Balaban J connectivity index is 1.75. The number of amides is 1. The van der Waals surface area contributed by atoms with E-state index in [0.717, 1.165) is 26.2 Å². The van der Waals surface area contributed by atoms with Gasteiger partial charge in [0, 0.05) is 13.1 Å². The van der Waals surface area contributed by atoms with Crippen LogP contribution in [0.3, 0.4) is 0 Å². The molecule has 2 aliphatic heterocycles. The summed E-state index contributed by atoms with van der Waals surface area (Å²) in [4.78, 5) is 11.7. The first-order valence-corrected chi connectivity index (χ1v) is 7.34. The van der Waals surface area contributed by atoms with Crippen LogP contribution in [0.5, 0.6) is 0 Å². The number of nitrogens with one attached hydrogen (secondary N) is 2. The van der Waals surface area contributed by atoms with Crippen LogP contribution in [0.2, 0.25) is 0 Å². The lowest BCUT2D eigenvalue weighted by molar-refractivity contribution is 0.0103. The van der Waals surface area contributed by atoms with Crippen LogP contribution in [-0.4, -0.2) is 42.9 Å². The normalized spacial score (nSPS) is 24.2. The van der Waals surface area contributed by atoms with E-state index in [4.69, 9.17) is 4.74 Å². The molecular weight excluding hydrogens is 242 g/mol. The number of nitrogens with zero attached hydrogens (tertiary/aromatic N) is 1. The van der Waals surface area contributed by atoms with Crippen molar-refractivity contribution in [1.29, 1.82) is 0 Å². The van der Waals surface area contributed by atoms with E-state index >= 15 is 0 Å². The third-order valence-corrected chi connectivity index (χ3v) is 4.14. The second kappa shape index (κ2) is 5.67. The zero-order valence-corrected chi connectivity index (χ0v) is 12.4. The van der Waals surface area contributed by atoms with E-state index < -0.39 is 5.60 Å². The summed E-state index contributed by atoms with van der Waals surface area (Å²) in [5.74, 6) is 0. The summed E-state index contributed by atoms with van der Waals surface area (Å²) < 4.78 is 5.28. The fraction of sp³-hybridized carbons (Fsp3) is 0.929. The SMILES string of the molecule is CC(C)(C)OC(=O)NN1CCC2(CCNCC2)CC1. The van der Waals surface area contributed by atoms with Gasteiger partial charge in [0.15, 0.2) is 0 Å². The standard InChI is InChI=1S/C14H27N3O2/c1-13(2,3)19-12(18)16-17-10-6-14(7-11-17)4-8-15-9-5-14/h15H,4-11H2,1-3H3,(H,16,18). The molecule has 0 aromatic carbocycles. The van der Waals surface area contributed by atoms with Crippen LogP contribution >= 0.6 is 0 Å². The number of hydrazine groups is 1. The Morgan fingerprint density at radius 2 is 1.74 bits per heavy atom. The highest BCUT2D eigenvalue weighted by Gasteiger charge is 2.36. The molecule has 0 saturated carbocycles. The summed E-state index contributed by atoms with van der Waals surface area (Å²) in [6.45, 7) is 9.78. The van der Waals surface area contributed by atoms with Crippen molar-refractivity contribution in [3.05, 3.63) is 0 Å². The highest BCUT2D eigenvalue weighted by atomic mass is 16.6. The fourth-order valence-corrected chi connectivity index (χ4v) is 2.98. The summed E-state index contributed by atoms with van der Waals surface area (Å²) in [6.07, 6.45) is 4.55. The Kier molecular flexibility index (Phi) is 4.36. The third kappa shape index (κ3) is 4.35. The van der Waals surface area contributed by atoms with E-state index in [2.05, 4.69) is 10.7 Å². The Morgan fingerprint density at radius 3 is 2.26 bits per heavy atom. The van der Waals surface area contributed by atoms with Gasteiger partial charge >= 0.3 is 6.09 Å². The van der Waals surface area contributed by atoms with Gasteiger partial charge in [0.25, 0.3) is 0 Å². The molecule has 2 heterocycles. The van der Waals surface area contributed by atoms with Crippen molar-refractivity contribution in [1.82, 2.24) is 15.8 Å². The van der Waals surface area contributed by atoms with Crippen molar-refractivity contribution >= 4 is 6.09 Å². The minimum Gasteiger partial charge on any atom is -0.443 e. The van der Waals surface area contributed by atoms with E-state index in [-0.39, 0.29) is 6.09 Å². The first-order valence-electron chi connectivity index (χ1n) is 7.34. The largest absolute Gasteiger partial charge is 0.443 e. The number of ether oxygens (including phenoxy) is 1. The Morgan fingerprint density at radius 1 is 1.16 bits per heavy atom. The molecule has 0 atom stereocenters. The number of hydrogen-bond acceptors (Lipinski definition) is 4. The van der Waals surface area contributed by atoms with Crippen LogP contribution in [0.15, 0.2) is 0 Å². The van der Waals surface area contributed by atoms with Crippen molar-refractivity contribution in [3.63, 3.8) is 0 Å². The molecule has 0 unspecified atom stereocenters. The Hall–Kier alpha value is -0.810. The summed E-state index contributed by atoms with van der Waals surface area (Å²) >= 11 is 0. The van der Waals surface area contributed by atoms with Crippen LogP contribution in [0, 0.1) is 5.41 Å². The summed E-state index contributed by atoms with van der Waals surface area (Å²) in [5, 5.41) is 5.42. The smallest absolute Gasteiger partial charge is 0.422 e. The number of carbonyl (C=O) groups is 1. The fourth-order valence-electron chi connectivity index (χ4n) is 2.98. The number of piperidine rings is 2. The first kappa shape index (κ1) is 14.6. The summed E-state index contributed by atoms with van der Waals surface area (Å²) in [5.41, 5.74) is 2.93. The van der Waals surface area contributed by atoms with Crippen LogP contribution in [-0.2, 0) is 4.74 Å². The minimum absolute atomic E-state index is 0.339. The minimum atomic E-state index is -0.434. The van der Waals surface area contributed by atoms with Crippen LogP contribution < -0.4 is 10.7 Å². The van der Waals surface area contributed by atoms with E-state index in [1.807, 2.05) is 25.8 Å². The second-order valence-corrected chi connectivity index (χ2v) is 6.85. The van der Waals surface area contributed by atoms with E-state index in [1.165, 1.54) is 25.7 Å². The molecule has 2 fully saturated rings. The molecular formula is C14H27N3O2. The average Bonchev–Trinajstić information content (AvgIpc) is 2.31. The van der Waals surface area contributed by atoms with Crippen LogP contribution in [0.4, 0.5) is 4.79 Å². The van der Waals surface area contributed by atoms with Gasteiger partial charge in [-0.1, -0.05) is 0 Å². The van der Waals surface area contributed by atoms with Gasteiger partial charge in [-0.3, -0.25) is 5.43 Å².